The third kappa shape index (κ3) is 5.98. The number of ketones is 2. The molecule has 0 heterocycles. The van der Waals surface area contributed by atoms with Crippen molar-refractivity contribution >= 4 is 17.5 Å². The summed E-state index contributed by atoms with van der Waals surface area (Å²) in [7, 11) is 4.74. The number of phenolic OH excluding ortho intramolecular Hbond substituents is 1. The van der Waals surface area contributed by atoms with Crippen LogP contribution in [0.25, 0.3) is 11.1 Å². The highest BCUT2D eigenvalue weighted by molar-refractivity contribution is 6.25. The van der Waals surface area contributed by atoms with E-state index in [1.165, 1.54) is 11.0 Å². The molecule has 258 valence electrons. The maximum absolute atomic E-state index is 14.2. The van der Waals surface area contributed by atoms with E-state index in [1.54, 1.807) is 27.3 Å². The van der Waals surface area contributed by atoms with Gasteiger partial charge in [0.1, 0.15) is 28.6 Å². The SMILES string of the molecule is CCCCOCCCNCc1ccc(OC)c(-c2ccc(O)c3c2C[C@H]2C[C@H]4C(N(C)C)C(O)=C(C(N)=O)C(=O)[C@@]4(O)C(O)=C2C3=O)c1. The number of nitrogens with zero attached hydrogens (tertiary/aromatic N) is 1. The first-order chi connectivity index (χ1) is 22.9. The van der Waals surface area contributed by atoms with E-state index >= 15 is 0 Å². The number of amides is 1. The van der Waals surface area contributed by atoms with Crippen LogP contribution in [0.2, 0.25) is 0 Å². The molecule has 1 unspecified atom stereocenters. The summed E-state index contributed by atoms with van der Waals surface area (Å²) in [6.45, 7) is 4.93. The van der Waals surface area contributed by atoms with Crippen LogP contribution >= 0.6 is 0 Å². The minimum Gasteiger partial charge on any atom is -0.510 e. The number of aliphatic hydroxyl groups is 3. The zero-order valence-electron chi connectivity index (χ0n) is 27.8. The van der Waals surface area contributed by atoms with Gasteiger partial charge in [0.2, 0.25) is 5.78 Å². The highest BCUT2D eigenvalue weighted by Gasteiger charge is 2.63. The lowest BCUT2D eigenvalue weighted by Crippen LogP contribution is -2.63. The Morgan fingerprint density at radius 2 is 1.81 bits per heavy atom. The summed E-state index contributed by atoms with van der Waals surface area (Å²) in [5.74, 6) is -6.33. The third-order valence-electron chi connectivity index (χ3n) is 9.77. The number of aliphatic hydroxyl groups excluding tert-OH is 2. The maximum Gasteiger partial charge on any atom is 0.255 e. The lowest BCUT2D eigenvalue weighted by molar-refractivity contribution is -0.148. The summed E-state index contributed by atoms with van der Waals surface area (Å²) in [6.07, 6.45) is 3.19. The molecule has 1 amide bonds. The van der Waals surface area contributed by atoms with Crippen LogP contribution in [-0.2, 0) is 27.3 Å². The molecule has 2 aromatic rings. The first-order valence-corrected chi connectivity index (χ1v) is 16.3. The molecule has 0 spiro atoms. The van der Waals surface area contributed by atoms with Crippen LogP contribution < -0.4 is 15.8 Å². The number of rotatable bonds is 13. The Balaban J connectivity index is 1.52. The molecule has 7 N–H and O–H groups in total. The van der Waals surface area contributed by atoms with Gasteiger partial charge in [0.15, 0.2) is 11.4 Å². The minimum absolute atomic E-state index is 0.00408. The molecular formula is C36H45N3O9. The van der Waals surface area contributed by atoms with Crippen LogP contribution in [0.4, 0.5) is 0 Å². The van der Waals surface area contributed by atoms with Crippen molar-refractivity contribution in [3.05, 3.63) is 69.7 Å². The van der Waals surface area contributed by atoms with Gasteiger partial charge in [0, 0.05) is 36.8 Å². The number of carbonyl (C=O) groups excluding carboxylic acids is 3. The van der Waals surface area contributed by atoms with Crippen molar-refractivity contribution in [2.75, 3.05) is 41.0 Å². The summed E-state index contributed by atoms with van der Waals surface area (Å²) < 4.78 is 11.3. The minimum atomic E-state index is -2.69. The Morgan fingerprint density at radius 1 is 1.08 bits per heavy atom. The van der Waals surface area contributed by atoms with Crippen LogP contribution in [-0.4, -0.2) is 95.4 Å². The second-order valence-corrected chi connectivity index (χ2v) is 13.0. The lowest BCUT2D eigenvalue weighted by Gasteiger charge is -2.50. The average Bonchev–Trinajstić information content (AvgIpc) is 3.03. The number of likely N-dealkylation sites (N-methyl/N-ethyl adjacent to an activating group) is 1. The predicted molar refractivity (Wildman–Crippen MR) is 178 cm³/mol. The molecule has 0 aromatic heterocycles. The molecule has 48 heavy (non-hydrogen) atoms. The van der Waals surface area contributed by atoms with Gasteiger partial charge in [-0.25, -0.2) is 0 Å². The number of hydrogen-bond acceptors (Lipinski definition) is 11. The fourth-order valence-corrected chi connectivity index (χ4v) is 7.46. The molecule has 0 saturated carbocycles. The van der Waals surface area contributed by atoms with Gasteiger partial charge in [-0.05, 0) is 87.1 Å². The maximum atomic E-state index is 14.2. The number of phenols is 1. The molecule has 12 heteroatoms. The molecule has 3 aliphatic carbocycles. The smallest absolute Gasteiger partial charge is 0.255 e. The first kappa shape index (κ1) is 35.1. The largest absolute Gasteiger partial charge is 0.510 e. The topological polar surface area (TPSA) is 192 Å². The van der Waals surface area contributed by atoms with Gasteiger partial charge in [-0.2, -0.15) is 0 Å². The number of unbranched alkanes of at least 4 members (excludes halogenated alkanes) is 1. The summed E-state index contributed by atoms with van der Waals surface area (Å²) in [6, 6.07) is 7.83. The fourth-order valence-electron chi connectivity index (χ4n) is 7.46. The standard InChI is InChI=1S/C36H45N3O9/c1-5-6-13-48-14-7-12-38-18-19-8-11-26(47-4)22(15-19)21-9-10-25(40)28-23(21)16-20-17-24-30(39(2)3)32(42)29(35(37)45)34(44)36(24,46)33(43)27(20)31(28)41/h8-11,15,20,24,30,38,40,42-43,46H,5-7,12-14,16-18H2,1-4H3,(H2,37,45)/t20-,24-,30?,36-/m0/s1. The van der Waals surface area contributed by atoms with Crippen LogP contribution in [0.1, 0.15) is 54.1 Å². The summed E-state index contributed by atoms with van der Waals surface area (Å²) >= 11 is 0. The van der Waals surface area contributed by atoms with Crippen molar-refractivity contribution in [2.24, 2.45) is 17.6 Å². The van der Waals surface area contributed by atoms with E-state index in [0.29, 0.717) is 35.6 Å². The zero-order chi connectivity index (χ0) is 34.9. The molecular weight excluding hydrogens is 618 g/mol. The number of ether oxygens (including phenoxy) is 2. The second kappa shape index (κ2) is 14.1. The zero-order valence-corrected chi connectivity index (χ0v) is 27.8. The van der Waals surface area contributed by atoms with Crippen LogP contribution in [0.5, 0.6) is 11.5 Å². The number of methoxy groups -OCH3 is 1. The predicted octanol–water partition coefficient (Wildman–Crippen LogP) is 3.09. The number of Topliss-reactive ketones (excluding diaryl/α,β-unsaturated/α-hetero) is 2. The van der Waals surface area contributed by atoms with Crippen LogP contribution in [0.3, 0.4) is 0 Å². The number of fused-ring (bicyclic) bond motifs is 3. The molecule has 0 aliphatic heterocycles. The third-order valence-corrected chi connectivity index (χ3v) is 9.77. The number of hydrogen-bond donors (Lipinski definition) is 6. The molecule has 0 saturated heterocycles. The molecule has 2 aromatic carbocycles. The van der Waals surface area contributed by atoms with E-state index in [9.17, 15) is 34.8 Å². The summed E-state index contributed by atoms with van der Waals surface area (Å²) in [5, 5.41) is 48.9. The van der Waals surface area contributed by atoms with E-state index in [-0.39, 0.29) is 29.7 Å². The highest BCUT2D eigenvalue weighted by Crippen LogP contribution is 2.53. The van der Waals surface area contributed by atoms with Crippen LogP contribution in [0, 0.1) is 11.8 Å². The number of benzene rings is 2. The van der Waals surface area contributed by atoms with Crippen molar-refractivity contribution in [3.63, 3.8) is 0 Å². The Kier molecular flexibility index (Phi) is 10.3. The van der Waals surface area contributed by atoms with Gasteiger partial charge in [-0.3, -0.25) is 19.3 Å². The molecule has 0 fully saturated rings. The van der Waals surface area contributed by atoms with Crippen molar-refractivity contribution in [2.45, 2.75) is 57.2 Å². The van der Waals surface area contributed by atoms with Crippen molar-refractivity contribution in [1.29, 1.82) is 0 Å². The van der Waals surface area contributed by atoms with Crippen molar-refractivity contribution in [1.82, 2.24) is 10.2 Å². The Labute approximate surface area is 279 Å². The Bertz CT molecular complexity index is 1680. The van der Waals surface area contributed by atoms with Crippen molar-refractivity contribution < 1.29 is 44.3 Å². The van der Waals surface area contributed by atoms with Gasteiger partial charge in [-0.1, -0.05) is 25.5 Å². The van der Waals surface area contributed by atoms with E-state index in [0.717, 1.165) is 38.0 Å². The monoisotopic (exact) mass is 663 g/mol. The molecule has 12 nitrogen and oxygen atoms in total. The number of carbonyl (C=O) groups is 3. The number of primary amides is 1. The number of nitrogens with two attached hydrogens (primary N) is 1. The highest BCUT2D eigenvalue weighted by atomic mass is 16.5. The molecule has 0 radical (unpaired) electrons. The summed E-state index contributed by atoms with van der Waals surface area (Å²) in [4.78, 5) is 41.5. The van der Waals surface area contributed by atoms with Gasteiger partial charge < -0.3 is 41.0 Å². The molecule has 3 aliphatic rings. The van der Waals surface area contributed by atoms with Gasteiger partial charge in [0.05, 0.1) is 18.7 Å². The first-order valence-electron chi connectivity index (χ1n) is 16.3. The quantitative estimate of drug-likeness (QED) is 0.136. The number of aromatic hydroxyl groups is 1. The molecule has 0 bridgehead atoms. The fraction of sp³-hybridized carbons (Fsp3) is 0.472. The Morgan fingerprint density at radius 3 is 2.48 bits per heavy atom. The van der Waals surface area contributed by atoms with E-state index in [4.69, 9.17) is 15.2 Å². The molecule has 4 atom stereocenters. The molecule has 5 rings (SSSR count). The van der Waals surface area contributed by atoms with E-state index < -0.39 is 58.0 Å². The lowest BCUT2D eigenvalue weighted by atomic mass is 9.58. The Hall–Kier alpha value is -4.23. The van der Waals surface area contributed by atoms with Crippen molar-refractivity contribution in [3.8, 4) is 22.6 Å². The van der Waals surface area contributed by atoms with E-state index in [2.05, 4.69) is 12.2 Å². The number of allylic oxidation sites excluding steroid dienone is 1. The normalized spacial score (nSPS) is 23.7. The van der Waals surface area contributed by atoms with Gasteiger partial charge in [0.25, 0.3) is 5.91 Å². The average molecular weight is 664 g/mol. The second-order valence-electron chi connectivity index (χ2n) is 13.0. The van der Waals surface area contributed by atoms with Gasteiger partial charge >= 0.3 is 0 Å². The number of nitrogens with one attached hydrogen (secondary N) is 1. The summed E-state index contributed by atoms with van der Waals surface area (Å²) in [5.41, 5.74) is 4.50. The van der Waals surface area contributed by atoms with E-state index in [1.807, 2.05) is 18.2 Å². The van der Waals surface area contributed by atoms with Gasteiger partial charge in [-0.15, -0.1) is 0 Å². The van der Waals surface area contributed by atoms with Crippen LogP contribution in [0.15, 0.2) is 53.0 Å².